The van der Waals surface area contributed by atoms with E-state index < -0.39 is 0 Å². The fraction of sp³-hybridized carbons (Fsp3) is 0.429. The van der Waals surface area contributed by atoms with E-state index in [-0.39, 0.29) is 0 Å². The molecule has 1 aromatic carbocycles. The van der Waals surface area contributed by atoms with Gasteiger partial charge in [-0.05, 0) is 50.4 Å². The van der Waals surface area contributed by atoms with Crippen LogP contribution >= 0.6 is 0 Å². The fourth-order valence-corrected chi connectivity index (χ4v) is 1.50. The Morgan fingerprint density at radius 2 is 2.00 bits per heavy atom. The van der Waals surface area contributed by atoms with E-state index in [0.717, 1.165) is 19.5 Å². The van der Waals surface area contributed by atoms with Gasteiger partial charge in [-0.25, -0.2) is 0 Å². The summed E-state index contributed by atoms with van der Waals surface area (Å²) >= 11 is 0. The molecule has 0 amide bonds. The van der Waals surface area contributed by atoms with Gasteiger partial charge in [0.1, 0.15) is 0 Å². The smallest absolute Gasteiger partial charge is 0.0205 e. The molecule has 0 atom stereocenters. The number of hydrogen-bond acceptors (Lipinski definition) is 1. The van der Waals surface area contributed by atoms with Gasteiger partial charge < -0.3 is 5.32 Å². The van der Waals surface area contributed by atoms with E-state index in [4.69, 9.17) is 0 Å². The van der Waals surface area contributed by atoms with Crippen molar-refractivity contribution < 1.29 is 0 Å². The fourth-order valence-electron chi connectivity index (χ4n) is 1.50. The number of benzene rings is 1. The molecule has 0 fully saturated rings. The Morgan fingerprint density at radius 3 is 2.67 bits per heavy atom. The lowest BCUT2D eigenvalue weighted by Crippen LogP contribution is -2.14. The van der Waals surface area contributed by atoms with Crippen LogP contribution in [0.4, 0.5) is 0 Å². The third kappa shape index (κ3) is 4.30. The second-order valence-corrected chi connectivity index (χ2v) is 3.95. The minimum atomic E-state index is 0.971. The molecular formula is C14H21N. The van der Waals surface area contributed by atoms with Crippen LogP contribution in [0.25, 0.3) is 0 Å². The first-order valence-corrected chi connectivity index (χ1v) is 5.62. The second kappa shape index (κ2) is 6.41. The van der Waals surface area contributed by atoms with Crippen LogP contribution in [0.15, 0.2) is 30.4 Å². The summed E-state index contributed by atoms with van der Waals surface area (Å²) in [5.41, 5.74) is 4.12. The van der Waals surface area contributed by atoms with E-state index in [1.54, 1.807) is 0 Å². The first-order chi connectivity index (χ1) is 7.24. The normalized spacial score (nSPS) is 11.1. The second-order valence-electron chi connectivity index (χ2n) is 3.95. The van der Waals surface area contributed by atoms with E-state index in [0.29, 0.717) is 0 Å². The van der Waals surface area contributed by atoms with Crippen LogP contribution in [0.5, 0.6) is 0 Å². The summed E-state index contributed by atoms with van der Waals surface area (Å²) in [6.45, 7) is 8.40. The highest BCUT2D eigenvalue weighted by molar-refractivity contribution is 5.29. The van der Waals surface area contributed by atoms with Crippen LogP contribution in [0.2, 0.25) is 0 Å². The number of allylic oxidation sites excluding steroid dienone is 1. The van der Waals surface area contributed by atoms with Crippen LogP contribution in [0, 0.1) is 13.8 Å². The Labute approximate surface area is 93.2 Å². The van der Waals surface area contributed by atoms with Crippen molar-refractivity contribution in [2.24, 2.45) is 0 Å². The molecule has 1 N–H and O–H groups in total. The highest BCUT2D eigenvalue weighted by Gasteiger charge is 1.95. The quantitative estimate of drug-likeness (QED) is 0.571. The summed E-state index contributed by atoms with van der Waals surface area (Å²) in [5.74, 6) is 0. The molecule has 0 unspecified atom stereocenters. The lowest BCUT2D eigenvalue weighted by atomic mass is 10.1. The summed E-state index contributed by atoms with van der Waals surface area (Å²) < 4.78 is 0. The first-order valence-electron chi connectivity index (χ1n) is 5.62. The van der Waals surface area contributed by atoms with Gasteiger partial charge in [0, 0.05) is 6.54 Å². The van der Waals surface area contributed by atoms with Gasteiger partial charge in [-0.1, -0.05) is 30.4 Å². The number of aryl methyl sites for hydroxylation is 2. The molecule has 0 aliphatic carbocycles. The van der Waals surface area contributed by atoms with Gasteiger partial charge in [0.15, 0.2) is 0 Å². The summed E-state index contributed by atoms with van der Waals surface area (Å²) in [4.78, 5) is 0. The lowest BCUT2D eigenvalue weighted by molar-refractivity contribution is 0.695. The molecule has 0 bridgehead atoms. The zero-order valence-corrected chi connectivity index (χ0v) is 10.0. The van der Waals surface area contributed by atoms with Gasteiger partial charge in [-0.2, -0.15) is 0 Å². The number of hydrogen-bond donors (Lipinski definition) is 1. The monoisotopic (exact) mass is 203 g/mol. The molecule has 0 aliphatic heterocycles. The molecule has 1 heteroatoms. The summed E-state index contributed by atoms with van der Waals surface area (Å²) in [7, 11) is 0. The van der Waals surface area contributed by atoms with Crippen molar-refractivity contribution in [3.8, 4) is 0 Å². The van der Waals surface area contributed by atoms with Gasteiger partial charge in [0.05, 0.1) is 0 Å². The average Bonchev–Trinajstić information content (AvgIpc) is 2.23. The van der Waals surface area contributed by atoms with Crippen LogP contribution in [0.1, 0.15) is 30.0 Å². The van der Waals surface area contributed by atoms with Crippen molar-refractivity contribution in [3.05, 3.63) is 47.0 Å². The van der Waals surface area contributed by atoms with Crippen molar-refractivity contribution in [1.29, 1.82) is 0 Å². The first kappa shape index (κ1) is 12.0. The van der Waals surface area contributed by atoms with Crippen molar-refractivity contribution in [2.75, 3.05) is 6.54 Å². The van der Waals surface area contributed by atoms with Gasteiger partial charge in [0.2, 0.25) is 0 Å². The molecule has 1 rings (SSSR count). The van der Waals surface area contributed by atoms with E-state index >= 15 is 0 Å². The van der Waals surface area contributed by atoms with Crippen LogP contribution in [0.3, 0.4) is 0 Å². The van der Waals surface area contributed by atoms with Gasteiger partial charge in [0.25, 0.3) is 0 Å². The molecule has 1 nitrogen and oxygen atoms in total. The Morgan fingerprint density at radius 1 is 1.20 bits per heavy atom. The third-order valence-corrected chi connectivity index (χ3v) is 2.62. The Balaban J connectivity index is 2.34. The van der Waals surface area contributed by atoms with Crippen LogP contribution < -0.4 is 5.32 Å². The number of rotatable bonds is 5. The molecule has 0 heterocycles. The van der Waals surface area contributed by atoms with E-state index in [2.05, 4.69) is 56.4 Å². The molecule has 0 aromatic heterocycles. The van der Waals surface area contributed by atoms with Crippen molar-refractivity contribution in [3.63, 3.8) is 0 Å². The molecule has 82 valence electrons. The largest absolute Gasteiger partial charge is 0.312 e. The van der Waals surface area contributed by atoms with Crippen molar-refractivity contribution in [2.45, 2.75) is 33.7 Å². The zero-order chi connectivity index (χ0) is 11.1. The van der Waals surface area contributed by atoms with E-state index in [1.165, 1.54) is 16.7 Å². The molecule has 15 heavy (non-hydrogen) atoms. The highest BCUT2D eigenvalue weighted by atomic mass is 14.8. The Kier molecular flexibility index (Phi) is 5.13. The lowest BCUT2D eigenvalue weighted by Gasteiger charge is -2.06. The van der Waals surface area contributed by atoms with E-state index in [1.807, 2.05) is 0 Å². The topological polar surface area (TPSA) is 12.0 Å². The van der Waals surface area contributed by atoms with Crippen LogP contribution in [-0.4, -0.2) is 6.54 Å². The van der Waals surface area contributed by atoms with E-state index in [9.17, 15) is 0 Å². The molecule has 1 aromatic rings. The molecule has 0 aliphatic rings. The Hall–Kier alpha value is -1.08. The average molecular weight is 203 g/mol. The minimum Gasteiger partial charge on any atom is -0.312 e. The Bertz CT molecular complexity index is 326. The predicted octanol–water partition coefficient (Wildman–Crippen LogP) is 3.36. The van der Waals surface area contributed by atoms with Gasteiger partial charge >= 0.3 is 0 Å². The van der Waals surface area contributed by atoms with Crippen molar-refractivity contribution in [1.82, 2.24) is 5.32 Å². The zero-order valence-electron chi connectivity index (χ0n) is 10.0. The maximum atomic E-state index is 3.43. The summed E-state index contributed by atoms with van der Waals surface area (Å²) in [6, 6.07) is 6.65. The maximum Gasteiger partial charge on any atom is 0.0205 e. The predicted molar refractivity (Wildman–Crippen MR) is 67.1 cm³/mol. The molecule has 0 spiro atoms. The standard InChI is InChI=1S/C14H21N/c1-4-5-6-9-15-11-14-8-7-12(2)13(3)10-14/h4-5,7-8,10,15H,6,9,11H2,1-3H3/b5-4+. The van der Waals surface area contributed by atoms with Crippen LogP contribution in [-0.2, 0) is 6.54 Å². The third-order valence-electron chi connectivity index (χ3n) is 2.62. The van der Waals surface area contributed by atoms with Gasteiger partial charge in [-0.15, -0.1) is 0 Å². The molecule has 0 saturated heterocycles. The highest BCUT2D eigenvalue weighted by Crippen LogP contribution is 2.09. The summed E-state index contributed by atoms with van der Waals surface area (Å²) in [5, 5.41) is 3.43. The molecule has 0 radical (unpaired) electrons. The molecule has 0 saturated carbocycles. The SMILES string of the molecule is C/C=C/CCNCc1ccc(C)c(C)c1. The van der Waals surface area contributed by atoms with Gasteiger partial charge in [-0.3, -0.25) is 0 Å². The van der Waals surface area contributed by atoms with Crippen molar-refractivity contribution >= 4 is 0 Å². The number of nitrogens with one attached hydrogen (secondary N) is 1. The maximum absolute atomic E-state index is 3.43. The molecular weight excluding hydrogens is 182 g/mol. The summed E-state index contributed by atoms with van der Waals surface area (Å²) in [6.07, 6.45) is 5.40. The minimum absolute atomic E-state index is 0.971.